The van der Waals surface area contributed by atoms with Gasteiger partial charge in [-0.2, -0.15) is 0 Å². The average molecular weight is 317 g/mol. The molecule has 0 atom stereocenters. The van der Waals surface area contributed by atoms with E-state index >= 15 is 0 Å². The van der Waals surface area contributed by atoms with E-state index in [0.717, 1.165) is 30.9 Å². The maximum Gasteiger partial charge on any atom is 0.225 e. The summed E-state index contributed by atoms with van der Waals surface area (Å²) in [6, 6.07) is 6.88. The van der Waals surface area contributed by atoms with Crippen LogP contribution in [0.25, 0.3) is 0 Å². The molecule has 1 amide bonds. The normalized spacial score (nSPS) is 14.9. The lowest BCUT2D eigenvalue weighted by atomic mass is 10.1. The number of hydrogen-bond donors (Lipinski definition) is 2. The first-order valence-corrected chi connectivity index (χ1v) is 9.02. The van der Waals surface area contributed by atoms with Crippen molar-refractivity contribution in [2.24, 2.45) is 0 Å². The van der Waals surface area contributed by atoms with Gasteiger partial charge in [0.15, 0.2) is 0 Å². The highest BCUT2D eigenvalue weighted by molar-refractivity contribution is 5.91. The van der Waals surface area contributed by atoms with Gasteiger partial charge in [0.25, 0.3) is 0 Å². The van der Waals surface area contributed by atoms with Crippen molar-refractivity contribution >= 4 is 17.3 Å². The van der Waals surface area contributed by atoms with Crippen LogP contribution in [0, 0.1) is 6.92 Å². The second-order valence-corrected chi connectivity index (χ2v) is 6.41. The Morgan fingerprint density at radius 3 is 2.52 bits per heavy atom. The van der Waals surface area contributed by atoms with Crippen molar-refractivity contribution < 1.29 is 4.79 Å². The molecule has 4 nitrogen and oxygen atoms in total. The van der Waals surface area contributed by atoms with Gasteiger partial charge in [0.2, 0.25) is 5.91 Å². The molecule has 0 unspecified atom stereocenters. The Morgan fingerprint density at radius 1 is 1.22 bits per heavy atom. The first-order chi connectivity index (χ1) is 11.1. The van der Waals surface area contributed by atoms with E-state index < -0.39 is 0 Å². The number of aryl methyl sites for hydroxylation is 1. The zero-order valence-corrected chi connectivity index (χ0v) is 14.8. The Balaban J connectivity index is 1.82. The minimum Gasteiger partial charge on any atom is -0.372 e. The maximum absolute atomic E-state index is 12.1. The summed E-state index contributed by atoms with van der Waals surface area (Å²) in [6.07, 6.45) is 5.69. The van der Waals surface area contributed by atoms with E-state index in [0.29, 0.717) is 12.5 Å². The van der Waals surface area contributed by atoms with Gasteiger partial charge in [0.05, 0.1) is 0 Å². The Labute approximate surface area is 140 Å². The predicted octanol–water partition coefficient (Wildman–Crippen LogP) is 3.70. The molecule has 2 N–H and O–H groups in total. The zero-order valence-electron chi connectivity index (χ0n) is 14.8. The molecule has 1 saturated carbocycles. The molecule has 2 rings (SSSR count). The fourth-order valence-corrected chi connectivity index (χ4v) is 3.31. The second-order valence-electron chi connectivity index (χ2n) is 6.41. The maximum atomic E-state index is 12.1. The molecule has 0 radical (unpaired) electrons. The predicted molar refractivity (Wildman–Crippen MR) is 98.2 cm³/mol. The van der Waals surface area contributed by atoms with E-state index in [1.165, 1.54) is 31.4 Å². The van der Waals surface area contributed by atoms with Crippen molar-refractivity contribution in [2.75, 3.05) is 29.9 Å². The average Bonchev–Trinajstić information content (AvgIpc) is 3.04. The molecule has 1 aliphatic rings. The molecule has 0 aromatic heterocycles. The lowest BCUT2D eigenvalue weighted by Crippen LogP contribution is -2.29. The Bertz CT molecular complexity index is 505. The van der Waals surface area contributed by atoms with Crippen LogP contribution in [0.1, 0.15) is 51.5 Å². The van der Waals surface area contributed by atoms with Crippen molar-refractivity contribution in [3.8, 4) is 0 Å². The second kappa shape index (κ2) is 8.92. The summed E-state index contributed by atoms with van der Waals surface area (Å²) in [5.74, 6) is 0.0918. The van der Waals surface area contributed by atoms with Crippen LogP contribution in [-0.4, -0.2) is 31.6 Å². The van der Waals surface area contributed by atoms with Crippen LogP contribution in [0.2, 0.25) is 0 Å². The Hall–Kier alpha value is -1.55. The topological polar surface area (TPSA) is 44.4 Å². The van der Waals surface area contributed by atoms with Gasteiger partial charge < -0.3 is 15.5 Å². The molecule has 1 aromatic carbocycles. The molecule has 128 valence electrons. The quantitative estimate of drug-likeness (QED) is 0.768. The van der Waals surface area contributed by atoms with Crippen molar-refractivity contribution in [3.05, 3.63) is 23.8 Å². The van der Waals surface area contributed by atoms with E-state index in [4.69, 9.17) is 0 Å². The van der Waals surface area contributed by atoms with Crippen LogP contribution >= 0.6 is 0 Å². The highest BCUT2D eigenvalue weighted by Gasteiger charge is 2.14. The van der Waals surface area contributed by atoms with Crippen molar-refractivity contribution in [1.82, 2.24) is 5.32 Å². The van der Waals surface area contributed by atoms with Crippen LogP contribution < -0.4 is 15.5 Å². The van der Waals surface area contributed by atoms with E-state index in [2.05, 4.69) is 48.4 Å². The van der Waals surface area contributed by atoms with Crippen LogP contribution in [0.5, 0.6) is 0 Å². The zero-order chi connectivity index (χ0) is 16.7. The van der Waals surface area contributed by atoms with Gasteiger partial charge in [-0.1, -0.05) is 12.8 Å². The first-order valence-electron chi connectivity index (χ1n) is 9.02. The minimum absolute atomic E-state index is 0.0918. The lowest BCUT2D eigenvalue weighted by Gasteiger charge is -2.22. The number of nitrogens with one attached hydrogen (secondary N) is 2. The standard InChI is InChI=1S/C19H31N3O/c1-4-22(5-2)17-10-11-18(15(3)14-17)21-19(23)12-13-20-16-8-6-7-9-16/h10-11,14,16,20H,4-9,12-13H2,1-3H3,(H,21,23). The molecule has 0 aliphatic heterocycles. The van der Waals surface area contributed by atoms with Gasteiger partial charge in [0, 0.05) is 43.5 Å². The molecular formula is C19H31N3O. The van der Waals surface area contributed by atoms with Crippen LogP contribution in [-0.2, 0) is 4.79 Å². The molecule has 0 heterocycles. The van der Waals surface area contributed by atoms with Crippen molar-refractivity contribution in [1.29, 1.82) is 0 Å². The molecule has 23 heavy (non-hydrogen) atoms. The molecule has 1 fully saturated rings. The summed E-state index contributed by atoms with van der Waals surface area (Å²) in [5, 5.41) is 6.52. The molecule has 4 heteroatoms. The third kappa shape index (κ3) is 5.24. The van der Waals surface area contributed by atoms with Crippen molar-refractivity contribution in [3.63, 3.8) is 0 Å². The summed E-state index contributed by atoms with van der Waals surface area (Å²) in [6.45, 7) is 9.13. The molecule has 0 spiro atoms. The van der Waals surface area contributed by atoms with Gasteiger partial charge >= 0.3 is 0 Å². The SMILES string of the molecule is CCN(CC)c1ccc(NC(=O)CCNC2CCCC2)c(C)c1. The van der Waals surface area contributed by atoms with E-state index in [-0.39, 0.29) is 5.91 Å². The van der Waals surface area contributed by atoms with Gasteiger partial charge in [-0.25, -0.2) is 0 Å². The third-order valence-corrected chi connectivity index (χ3v) is 4.75. The number of benzene rings is 1. The van der Waals surface area contributed by atoms with E-state index in [9.17, 15) is 4.79 Å². The number of nitrogens with zero attached hydrogens (tertiary/aromatic N) is 1. The van der Waals surface area contributed by atoms with Gasteiger partial charge in [-0.15, -0.1) is 0 Å². The first kappa shape index (κ1) is 17.8. The number of hydrogen-bond acceptors (Lipinski definition) is 3. The fraction of sp³-hybridized carbons (Fsp3) is 0.632. The Morgan fingerprint density at radius 2 is 1.91 bits per heavy atom. The Kier molecular flexibility index (Phi) is 6.90. The van der Waals surface area contributed by atoms with Crippen molar-refractivity contribution in [2.45, 2.75) is 58.9 Å². The van der Waals surface area contributed by atoms with Gasteiger partial charge in [-0.05, 0) is 57.4 Å². The monoisotopic (exact) mass is 317 g/mol. The highest BCUT2D eigenvalue weighted by atomic mass is 16.1. The van der Waals surface area contributed by atoms with Gasteiger partial charge in [-0.3, -0.25) is 4.79 Å². The van der Waals surface area contributed by atoms with Crippen LogP contribution in [0.4, 0.5) is 11.4 Å². The molecule has 1 aromatic rings. The number of rotatable bonds is 8. The van der Waals surface area contributed by atoms with Gasteiger partial charge in [0.1, 0.15) is 0 Å². The van der Waals surface area contributed by atoms with E-state index in [1.54, 1.807) is 0 Å². The summed E-state index contributed by atoms with van der Waals surface area (Å²) in [7, 11) is 0. The number of carbonyl (C=O) groups is 1. The lowest BCUT2D eigenvalue weighted by molar-refractivity contribution is -0.116. The number of carbonyl (C=O) groups excluding carboxylic acids is 1. The molecule has 1 aliphatic carbocycles. The minimum atomic E-state index is 0.0918. The summed E-state index contributed by atoms with van der Waals surface area (Å²) in [5.41, 5.74) is 3.26. The highest BCUT2D eigenvalue weighted by Crippen LogP contribution is 2.23. The summed E-state index contributed by atoms with van der Waals surface area (Å²) in [4.78, 5) is 14.4. The molecular weight excluding hydrogens is 286 g/mol. The largest absolute Gasteiger partial charge is 0.372 e. The van der Waals surface area contributed by atoms with Crippen LogP contribution in [0.3, 0.4) is 0 Å². The number of amides is 1. The molecule has 0 saturated heterocycles. The smallest absolute Gasteiger partial charge is 0.225 e. The fourth-order valence-electron chi connectivity index (χ4n) is 3.31. The third-order valence-electron chi connectivity index (χ3n) is 4.75. The summed E-state index contributed by atoms with van der Waals surface area (Å²) < 4.78 is 0. The van der Waals surface area contributed by atoms with Crippen LogP contribution in [0.15, 0.2) is 18.2 Å². The van der Waals surface area contributed by atoms with E-state index in [1.807, 2.05) is 6.07 Å². The molecule has 0 bridgehead atoms. The number of anilines is 2. The summed E-state index contributed by atoms with van der Waals surface area (Å²) >= 11 is 0.